The molecule has 24 heavy (non-hydrogen) atoms. The Labute approximate surface area is 140 Å². The number of carbonyl (C=O) groups excluding carboxylic acids is 2. The van der Waals surface area contributed by atoms with Crippen LogP contribution in [-0.2, 0) is 4.79 Å². The van der Waals surface area contributed by atoms with Gasteiger partial charge in [-0.15, -0.1) is 0 Å². The Kier molecular flexibility index (Phi) is 5.13. The summed E-state index contributed by atoms with van der Waals surface area (Å²) in [6, 6.07) is 0.200. The third kappa shape index (κ3) is 3.28. The number of nitrogens with zero attached hydrogens (tertiary/aromatic N) is 4. The fourth-order valence-corrected chi connectivity index (χ4v) is 3.80. The third-order valence-corrected chi connectivity index (χ3v) is 5.09. The zero-order chi connectivity index (χ0) is 17.1. The van der Waals surface area contributed by atoms with Crippen LogP contribution in [0.1, 0.15) is 48.3 Å². The number of aliphatic hydroxyl groups excluding tert-OH is 1. The Morgan fingerprint density at radius 3 is 2.88 bits per heavy atom. The first kappa shape index (κ1) is 16.9. The smallest absolute Gasteiger partial charge is 0.278 e. The van der Waals surface area contributed by atoms with Crippen LogP contribution >= 0.6 is 0 Å². The van der Waals surface area contributed by atoms with E-state index >= 15 is 0 Å². The Hall–Kier alpha value is -1.96. The number of hydrogen-bond acceptors (Lipinski definition) is 6. The highest BCUT2D eigenvalue weighted by atomic mass is 16.6. The van der Waals surface area contributed by atoms with Crippen LogP contribution in [0.25, 0.3) is 0 Å². The highest BCUT2D eigenvalue weighted by Gasteiger charge is 2.40. The van der Waals surface area contributed by atoms with Gasteiger partial charge in [-0.1, -0.05) is 5.16 Å². The van der Waals surface area contributed by atoms with Crippen molar-refractivity contribution in [2.24, 2.45) is 5.92 Å². The summed E-state index contributed by atoms with van der Waals surface area (Å²) in [5, 5.41) is 16.3. The van der Waals surface area contributed by atoms with Gasteiger partial charge in [0, 0.05) is 38.7 Å². The fraction of sp³-hybridized carbons (Fsp3) is 0.750. The summed E-state index contributed by atoms with van der Waals surface area (Å²) < 4.78 is 4.63. The molecule has 2 atom stereocenters. The number of likely N-dealkylation sites (tertiary alicyclic amines) is 2. The maximum Gasteiger partial charge on any atom is 0.278 e. The molecular formula is C16H24N4O4. The molecule has 0 unspecified atom stereocenters. The van der Waals surface area contributed by atoms with Gasteiger partial charge in [0.15, 0.2) is 5.69 Å². The zero-order valence-electron chi connectivity index (χ0n) is 14.0. The predicted octanol–water partition coefficient (Wildman–Crippen LogP) is 0.604. The highest BCUT2D eigenvalue weighted by molar-refractivity contribution is 5.93. The monoisotopic (exact) mass is 336 g/mol. The first-order valence-corrected chi connectivity index (χ1v) is 8.60. The minimum absolute atomic E-state index is 0.143. The molecule has 2 aliphatic heterocycles. The number of unbranched alkanes of at least 4 members (excludes halogenated alkanes) is 1. The Balaban J connectivity index is 1.65. The van der Waals surface area contributed by atoms with E-state index in [1.165, 1.54) is 0 Å². The van der Waals surface area contributed by atoms with Crippen LogP contribution in [0.4, 0.5) is 0 Å². The molecule has 1 N–H and O–H groups in total. The predicted molar refractivity (Wildman–Crippen MR) is 84.1 cm³/mol. The molecule has 132 valence electrons. The van der Waals surface area contributed by atoms with Gasteiger partial charge in [-0.2, -0.15) is 0 Å². The second-order valence-corrected chi connectivity index (χ2v) is 6.62. The summed E-state index contributed by atoms with van der Waals surface area (Å²) in [6.45, 7) is 3.80. The van der Waals surface area contributed by atoms with Crippen molar-refractivity contribution in [3.63, 3.8) is 0 Å². The van der Waals surface area contributed by atoms with Gasteiger partial charge in [0.25, 0.3) is 5.91 Å². The molecule has 2 aliphatic rings. The minimum Gasteiger partial charge on any atom is -0.396 e. The molecule has 8 nitrogen and oxygen atoms in total. The van der Waals surface area contributed by atoms with E-state index in [0.29, 0.717) is 44.1 Å². The second kappa shape index (κ2) is 7.29. The van der Waals surface area contributed by atoms with Crippen LogP contribution < -0.4 is 0 Å². The van der Waals surface area contributed by atoms with E-state index in [2.05, 4.69) is 14.9 Å². The third-order valence-electron chi connectivity index (χ3n) is 5.09. The molecule has 8 heteroatoms. The molecule has 2 saturated heterocycles. The van der Waals surface area contributed by atoms with Crippen LogP contribution in [0.3, 0.4) is 0 Å². The number of hydrogen-bond donors (Lipinski definition) is 1. The lowest BCUT2D eigenvalue weighted by molar-refractivity contribution is -0.140. The standard InChI is InChI=1S/C16H24N4O4/c1-11-15(18-24-17-11)16(23)19-8-6-13-12(10-19)4-5-14(22)20(13)7-2-3-9-21/h12-13,21H,2-10H2,1H3/t12-,13+/m0/s1. The highest BCUT2D eigenvalue weighted by Crippen LogP contribution is 2.32. The van der Waals surface area contributed by atoms with Crippen LogP contribution in [0.2, 0.25) is 0 Å². The lowest BCUT2D eigenvalue weighted by Crippen LogP contribution is -2.57. The van der Waals surface area contributed by atoms with E-state index in [0.717, 1.165) is 19.3 Å². The van der Waals surface area contributed by atoms with E-state index in [1.54, 1.807) is 11.8 Å². The number of amides is 2. The van der Waals surface area contributed by atoms with Gasteiger partial charge in [0.05, 0.1) is 0 Å². The molecule has 2 fully saturated rings. The summed E-state index contributed by atoms with van der Waals surface area (Å²) in [5.74, 6) is 0.358. The first-order valence-electron chi connectivity index (χ1n) is 8.60. The Bertz CT molecular complexity index is 603. The van der Waals surface area contributed by atoms with Crippen molar-refractivity contribution in [3.05, 3.63) is 11.4 Å². The summed E-state index contributed by atoms with van der Waals surface area (Å²) in [5.41, 5.74) is 0.784. The molecule has 0 bridgehead atoms. The number of fused-ring (bicyclic) bond motifs is 1. The maximum atomic E-state index is 12.6. The van der Waals surface area contributed by atoms with E-state index < -0.39 is 0 Å². The molecule has 3 heterocycles. The summed E-state index contributed by atoms with van der Waals surface area (Å²) >= 11 is 0. The van der Waals surface area contributed by atoms with Crippen molar-refractivity contribution in [1.82, 2.24) is 20.1 Å². The van der Waals surface area contributed by atoms with Gasteiger partial charge in [0.1, 0.15) is 5.69 Å². The summed E-state index contributed by atoms with van der Waals surface area (Å²) in [4.78, 5) is 28.6. The van der Waals surface area contributed by atoms with Gasteiger partial charge >= 0.3 is 0 Å². The van der Waals surface area contributed by atoms with Crippen LogP contribution in [-0.4, -0.2) is 69.3 Å². The number of rotatable bonds is 5. The van der Waals surface area contributed by atoms with Crippen molar-refractivity contribution in [2.45, 2.75) is 45.1 Å². The van der Waals surface area contributed by atoms with E-state index in [4.69, 9.17) is 5.11 Å². The average molecular weight is 336 g/mol. The van der Waals surface area contributed by atoms with Crippen molar-refractivity contribution >= 4 is 11.8 Å². The van der Waals surface area contributed by atoms with Gasteiger partial charge in [0.2, 0.25) is 5.91 Å². The fourth-order valence-electron chi connectivity index (χ4n) is 3.80. The molecular weight excluding hydrogens is 312 g/mol. The number of aromatic nitrogens is 2. The lowest BCUT2D eigenvalue weighted by atomic mass is 9.83. The molecule has 0 saturated carbocycles. The average Bonchev–Trinajstić information content (AvgIpc) is 3.02. The van der Waals surface area contributed by atoms with E-state index in [9.17, 15) is 9.59 Å². The molecule has 0 radical (unpaired) electrons. The number of carbonyl (C=O) groups is 2. The number of piperidine rings is 2. The largest absolute Gasteiger partial charge is 0.396 e. The van der Waals surface area contributed by atoms with Crippen LogP contribution in [0.15, 0.2) is 4.63 Å². The SMILES string of the molecule is Cc1nonc1C(=O)N1CC[C@@H]2[C@@H](CCC(=O)N2CCCCO)C1. The van der Waals surface area contributed by atoms with Gasteiger partial charge in [-0.3, -0.25) is 9.59 Å². The normalized spacial score (nSPS) is 24.2. The lowest BCUT2D eigenvalue weighted by Gasteiger charge is -2.47. The van der Waals surface area contributed by atoms with Crippen molar-refractivity contribution in [1.29, 1.82) is 0 Å². The molecule has 0 aliphatic carbocycles. The molecule has 0 spiro atoms. The minimum atomic E-state index is -0.143. The van der Waals surface area contributed by atoms with Crippen molar-refractivity contribution < 1.29 is 19.3 Å². The van der Waals surface area contributed by atoms with E-state index in [-0.39, 0.29) is 30.2 Å². The summed E-state index contributed by atoms with van der Waals surface area (Å²) in [7, 11) is 0. The second-order valence-electron chi connectivity index (χ2n) is 6.62. The van der Waals surface area contributed by atoms with Gasteiger partial charge in [-0.05, 0) is 43.7 Å². The molecule has 2 amide bonds. The summed E-state index contributed by atoms with van der Waals surface area (Å²) in [6.07, 6.45) is 3.67. The van der Waals surface area contributed by atoms with Crippen LogP contribution in [0.5, 0.6) is 0 Å². The topological polar surface area (TPSA) is 99.8 Å². The van der Waals surface area contributed by atoms with Gasteiger partial charge < -0.3 is 14.9 Å². The zero-order valence-corrected chi connectivity index (χ0v) is 14.0. The molecule has 3 rings (SSSR count). The maximum absolute atomic E-state index is 12.6. The molecule has 1 aromatic rings. The number of aryl methyl sites for hydroxylation is 1. The van der Waals surface area contributed by atoms with Crippen LogP contribution in [0, 0.1) is 12.8 Å². The molecule has 0 aromatic carbocycles. The van der Waals surface area contributed by atoms with E-state index in [1.807, 2.05) is 4.90 Å². The van der Waals surface area contributed by atoms with Gasteiger partial charge in [-0.25, -0.2) is 4.63 Å². The van der Waals surface area contributed by atoms with Crippen molar-refractivity contribution in [2.75, 3.05) is 26.2 Å². The first-order chi connectivity index (χ1) is 11.6. The Morgan fingerprint density at radius 2 is 2.17 bits per heavy atom. The quantitative estimate of drug-likeness (QED) is 0.791. The van der Waals surface area contributed by atoms with Crippen molar-refractivity contribution in [3.8, 4) is 0 Å². The molecule has 1 aromatic heterocycles. The number of aliphatic hydroxyl groups is 1. The Morgan fingerprint density at radius 1 is 1.33 bits per heavy atom.